The smallest absolute Gasteiger partial charge is 0.410 e. The van der Waals surface area contributed by atoms with Crippen LogP contribution in [-0.4, -0.2) is 84.6 Å². The fraction of sp³-hybridized carbons (Fsp3) is 0.800. The molecule has 1 N–H and O–H groups in total. The predicted octanol–water partition coefficient (Wildman–Crippen LogP) is 8.80. The second kappa shape index (κ2) is 17.9. The molecule has 3 aliphatic rings. The number of carbonyl (C=O) groups excluding carboxylic acids is 1. The van der Waals surface area contributed by atoms with Gasteiger partial charge in [-0.15, -0.1) is 0 Å². The molecular formula is C35H51F6NO5S2. The fourth-order valence-corrected chi connectivity index (χ4v) is 9.21. The van der Waals surface area contributed by atoms with Crippen LogP contribution in [0.4, 0.5) is 31.1 Å². The Morgan fingerprint density at radius 1 is 1.00 bits per heavy atom. The molecule has 6 atom stereocenters. The van der Waals surface area contributed by atoms with Crippen molar-refractivity contribution in [1.29, 1.82) is 0 Å². The lowest BCUT2D eigenvalue weighted by Crippen LogP contribution is -2.45. The third kappa shape index (κ3) is 10.2. The van der Waals surface area contributed by atoms with E-state index in [2.05, 4.69) is 43.0 Å². The number of rotatable bonds is 17. The lowest BCUT2D eigenvalue weighted by Gasteiger charge is -2.50. The number of hydrogen-bond donors (Lipinski definition) is 3. The van der Waals surface area contributed by atoms with Gasteiger partial charge in [0.2, 0.25) is 6.10 Å². The number of fused-ring (bicyclic) bond motifs is 5. The highest BCUT2D eigenvalue weighted by Crippen LogP contribution is 2.61. The Kier molecular flexibility index (Phi) is 14.8. The van der Waals surface area contributed by atoms with Crippen LogP contribution < -0.4 is 4.74 Å². The number of aliphatic hydroxyl groups excluding tert-OH is 1. The van der Waals surface area contributed by atoms with Gasteiger partial charge in [-0.1, -0.05) is 25.8 Å². The Morgan fingerprint density at radius 3 is 2.41 bits per heavy atom. The molecule has 0 heterocycles. The van der Waals surface area contributed by atoms with Crippen LogP contribution in [0.5, 0.6) is 5.75 Å². The van der Waals surface area contributed by atoms with E-state index in [9.17, 15) is 31.1 Å². The van der Waals surface area contributed by atoms with Crippen molar-refractivity contribution in [2.75, 3.05) is 37.9 Å². The Morgan fingerprint density at radius 2 is 1.73 bits per heavy atom. The second-order valence-corrected chi connectivity index (χ2v) is 14.8. The maximum atomic E-state index is 13.4. The lowest BCUT2D eigenvalue weighted by molar-refractivity contribution is -0.322. The van der Waals surface area contributed by atoms with Crippen LogP contribution in [0, 0.1) is 17.3 Å². The lowest BCUT2D eigenvalue weighted by atomic mass is 9.55. The topological polar surface area (TPSA) is 68.2 Å². The van der Waals surface area contributed by atoms with E-state index < -0.39 is 31.2 Å². The van der Waals surface area contributed by atoms with Crippen LogP contribution in [-0.2, 0) is 15.9 Å². The van der Waals surface area contributed by atoms with Crippen molar-refractivity contribution >= 4 is 31.4 Å². The Balaban J connectivity index is 1.33. The van der Waals surface area contributed by atoms with Gasteiger partial charge < -0.3 is 24.2 Å². The van der Waals surface area contributed by atoms with Crippen molar-refractivity contribution < 1.29 is 50.5 Å². The van der Waals surface area contributed by atoms with Crippen LogP contribution in [0.25, 0.3) is 0 Å². The highest BCUT2D eigenvalue weighted by molar-refractivity contribution is 7.80. The number of benzene rings is 1. The molecule has 0 spiro atoms. The third-order valence-corrected chi connectivity index (χ3v) is 11.6. The van der Waals surface area contributed by atoms with Gasteiger partial charge in [-0.05, 0) is 116 Å². The quantitative estimate of drug-likeness (QED) is 0.0846. The van der Waals surface area contributed by atoms with Crippen molar-refractivity contribution in [3.63, 3.8) is 0 Å². The minimum atomic E-state index is -5.52. The van der Waals surface area contributed by atoms with E-state index in [1.54, 1.807) is 4.90 Å². The Hall–Kier alpha value is -1.35. The van der Waals surface area contributed by atoms with Crippen molar-refractivity contribution in [3.05, 3.63) is 29.3 Å². The number of amides is 1. The standard InChI is InChI=1S/C35H51F6NO5S2/c1-33-15-13-27-26-10-8-25(47-32(44)42(24(22-49)14-20-48)16-4-2-3-5-17-43)21-23(26)7-9-28(27)29(33)11-12-30(33)45-18-6-19-46-31(34(36,37)38)35(39,40)41/h8,10,21,24,27-31,43,48-49H,2-7,9,11-20,22H2,1H3. The molecule has 49 heavy (non-hydrogen) atoms. The van der Waals surface area contributed by atoms with Crippen molar-refractivity contribution in [2.24, 2.45) is 17.3 Å². The number of halogens is 6. The zero-order valence-corrected chi connectivity index (χ0v) is 29.9. The van der Waals surface area contributed by atoms with Gasteiger partial charge in [-0.25, -0.2) is 4.79 Å². The zero-order chi connectivity index (χ0) is 35.8. The van der Waals surface area contributed by atoms with Gasteiger partial charge in [0.15, 0.2) is 0 Å². The first-order valence-corrected chi connectivity index (χ1v) is 18.8. The molecule has 0 saturated heterocycles. The van der Waals surface area contributed by atoms with Crippen LogP contribution in [0.1, 0.15) is 94.6 Å². The molecule has 3 aliphatic carbocycles. The first kappa shape index (κ1) is 40.4. The molecule has 0 aliphatic heterocycles. The highest BCUT2D eigenvalue weighted by Gasteiger charge is 2.58. The molecule has 0 bridgehead atoms. The number of hydrogen-bond acceptors (Lipinski definition) is 7. The molecule has 6 unspecified atom stereocenters. The van der Waals surface area contributed by atoms with E-state index in [1.807, 2.05) is 12.1 Å². The summed E-state index contributed by atoms with van der Waals surface area (Å²) in [5.74, 6) is 2.85. The first-order valence-electron chi connectivity index (χ1n) is 17.5. The summed E-state index contributed by atoms with van der Waals surface area (Å²) in [4.78, 5) is 15.2. The molecule has 1 aromatic rings. The van der Waals surface area contributed by atoms with Gasteiger partial charge in [-0.3, -0.25) is 0 Å². The van der Waals surface area contributed by atoms with E-state index in [0.717, 1.165) is 64.2 Å². The normalized spacial score (nSPS) is 25.9. The molecule has 280 valence electrons. The van der Waals surface area contributed by atoms with Gasteiger partial charge in [0.05, 0.1) is 6.10 Å². The number of thiol groups is 2. The molecule has 1 amide bonds. The molecule has 1 aromatic carbocycles. The zero-order valence-electron chi connectivity index (χ0n) is 28.1. The summed E-state index contributed by atoms with van der Waals surface area (Å²) < 4.78 is 92.8. The molecule has 2 saturated carbocycles. The summed E-state index contributed by atoms with van der Waals surface area (Å²) in [5.41, 5.74) is 2.36. The van der Waals surface area contributed by atoms with Gasteiger partial charge >= 0.3 is 18.4 Å². The Bertz CT molecular complexity index is 1190. The van der Waals surface area contributed by atoms with Crippen LogP contribution in [0.2, 0.25) is 0 Å². The third-order valence-electron chi connectivity index (χ3n) is 11.0. The fourth-order valence-electron chi connectivity index (χ4n) is 8.53. The second-order valence-electron chi connectivity index (χ2n) is 14.0. The predicted molar refractivity (Wildman–Crippen MR) is 182 cm³/mol. The van der Waals surface area contributed by atoms with Gasteiger partial charge in [0.1, 0.15) is 5.75 Å². The molecule has 4 rings (SSSR count). The number of aliphatic hydroxyl groups is 1. The summed E-state index contributed by atoms with van der Waals surface area (Å²) in [7, 11) is 0. The average Bonchev–Trinajstić information content (AvgIpc) is 3.38. The first-order chi connectivity index (χ1) is 23.2. The number of ether oxygens (including phenoxy) is 3. The summed E-state index contributed by atoms with van der Waals surface area (Å²) in [6, 6.07) is 5.88. The number of aryl methyl sites for hydroxylation is 1. The summed E-state index contributed by atoms with van der Waals surface area (Å²) in [6.07, 6.45) is -5.86. The van der Waals surface area contributed by atoms with Gasteiger partial charge in [-0.2, -0.15) is 51.6 Å². The molecule has 0 aromatic heterocycles. The van der Waals surface area contributed by atoms with Crippen LogP contribution in [0.15, 0.2) is 18.2 Å². The van der Waals surface area contributed by atoms with Crippen LogP contribution >= 0.6 is 25.3 Å². The van der Waals surface area contributed by atoms with Crippen molar-refractivity contribution in [2.45, 2.75) is 120 Å². The minimum absolute atomic E-state index is 0.0400. The summed E-state index contributed by atoms with van der Waals surface area (Å²) >= 11 is 8.85. The minimum Gasteiger partial charge on any atom is -0.410 e. The molecule has 0 radical (unpaired) electrons. The van der Waals surface area contributed by atoms with Crippen molar-refractivity contribution in [1.82, 2.24) is 4.90 Å². The summed E-state index contributed by atoms with van der Waals surface area (Å²) in [6.45, 7) is 2.28. The number of unbranched alkanes of at least 4 members (excludes halogenated alkanes) is 3. The molecular weight excluding hydrogens is 693 g/mol. The maximum absolute atomic E-state index is 13.4. The summed E-state index contributed by atoms with van der Waals surface area (Å²) in [5, 5.41) is 9.06. The molecule has 14 heteroatoms. The highest BCUT2D eigenvalue weighted by atomic mass is 32.1. The van der Waals surface area contributed by atoms with E-state index >= 15 is 0 Å². The monoisotopic (exact) mass is 743 g/mol. The van der Waals surface area contributed by atoms with E-state index in [0.29, 0.717) is 48.0 Å². The van der Waals surface area contributed by atoms with Gasteiger partial charge in [0, 0.05) is 38.2 Å². The number of carbonyl (C=O) groups is 1. The number of nitrogens with zero attached hydrogens (tertiary/aromatic N) is 1. The van der Waals surface area contributed by atoms with E-state index in [4.69, 9.17) is 14.6 Å². The van der Waals surface area contributed by atoms with Crippen LogP contribution in [0.3, 0.4) is 0 Å². The SMILES string of the molecule is CC12CCC3c4ccc(OC(=O)N(CCCCCCO)C(CS)CCS)cc4CCC3C1CCC2OCCCOC(C(F)(F)F)C(F)(F)F. The van der Waals surface area contributed by atoms with Gasteiger partial charge in [0.25, 0.3) is 0 Å². The van der Waals surface area contributed by atoms with E-state index in [-0.39, 0.29) is 37.2 Å². The number of alkyl halides is 6. The molecule has 2 fully saturated rings. The molecule has 6 nitrogen and oxygen atoms in total. The Labute approximate surface area is 296 Å². The largest absolute Gasteiger partial charge is 0.423 e. The van der Waals surface area contributed by atoms with Crippen molar-refractivity contribution in [3.8, 4) is 5.75 Å². The average molecular weight is 744 g/mol. The van der Waals surface area contributed by atoms with E-state index in [1.165, 1.54) is 11.1 Å². The maximum Gasteiger partial charge on any atom is 0.423 e.